The molecule has 2 atom stereocenters. The van der Waals surface area contributed by atoms with Crippen LogP contribution in [-0.4, -0.2) is 24.7 Å². The maximum absolute atomic E-state index is 9.18. The highest BCUT2D eigenvalue weighted by molar-refractivity contribution is 5.18. The first-order valence-electron chi connectivity index (χ1n) is 8.39. The maximum Gasteiger partial charge on any atom is 0.330 e. The van der Waals surface area contributed by atoms with E-state index in [4.69, 9.17) is 13.1 Å². The van der Waals surface area contributed by atoms with Crippen molar-refractivity contribution in [1.82, 2.24) is 5.32 Å². The average molecular weight is 307 g/mol. The zero-order valence-electron chi connectivity index (χ0n) is 13.2. The molecule has 5 nitrogen and oxygen atoms in total. The van der Waals surface area contributed by atoms with Gasteiger partial charge in [0.25, 0.3) is 0 Å². The van der Waals surface area contributed by atoms with Gasteiger partial charge >= 0.3 is 12.1 Å². The Balaban J connectivity index is 1.72. The van der Waals surface area contributed by atoms with E-state index in [1.807, 2.05) is 12.1 Å². The van der Waals surface area contributed by atoms with E-state index < -0.39 is 18.1 Å². The van der Waals surface area contributed by atoms with Crippen LogP contribution in [0.2, 0.25) is 0 Å². The second-order valence-electron chi connectivity index (χ2n) is 7.73. The van der Waals surface area contributed by atoms with Crippen molar-refractivity contribution in [2.45, 2.75) is 56.7 Å². The van der Waals surface area contributed by atoms with Crippen molar-refractivity contribution in [3.63, 3.8) is 0 Å². The molecule has 23 heavy (non-hydrogen) atoms. The summed E-state index contributed by atoms with van der Waals surface area (Å²) in [5.41, 5.74) is 0.261. The van der Waals surface area contributed by atoms with E-state index in [-0.39, 0.29) is 5.41 Å². The maximum atomic E-state index is 9.18. The Morgan fingerprint density at radius 2 is 1.39 bits per heavy atom. The quantitative estimate of drug-likeness (QED) is 0.794. The summed E-state index contributed by atoms with van der Waals surface area (Å²) in [7, 11) is 0. The summed E-state index contributed by atoms with van der Waals surface area (Å²) < 4.78 is 0. The molecule has 4 fully saturated rings. The van der Waals surface area contributed by atoms with Gasteiger partial charge in [-0.25, -0.2) is 13.1 Å². The van der Waals surface area contributed by atoms with Gasteiger partial charge in [0.15, 0.2) is 18.2 Å². The molecule has 5 heteroatoms. The van der Waals surface area contributed by atoms with E-state index in [1.165, 1.54) is 38.5 Å². The minimum atomic E-state index is -0.970. The zero-order valence-corrected chi connectivity index (χ0v) is 13.2. The van der Waals surface area contributed by atoms with Crippen LogP contribution in [0.5, 0.6) is 0 Å². The first kappa shape index (κ1) is 15.8. The first-order valence-corrected chi connectivity index (χ1v) is 8.39. The standard InChI is InChI=1S/C18H21N5/c1-21-15(9-19)17(16(10-20)22-2)23-11-18-6-12-3-13(7-18)5-14(4-12)8-18/h12-17,23H,3-8,11H2. The predicted molar refractivity (Wildman–Crippen MR) is 84.4 cm³/mol. The topological polar surface area (TPSA) is 68.3 Å². The Hall–Kier alpha value is -2.08. The van der Waals surface area contributed by atoms with E-state index >= 15 is 0 Å². The number of nitriles is 2. The molecule has 0 aromatic heterocycles. The highest BCUT2D eigenvalue weighted by atomic mass is 15.0. The van der Waals surface area contributed by atoms with Crippen molar-refractivity contribution in [3.05, 3.63) is 22.8 Å². The lowest BCUT2D eigenvalue weighted by Crippen LogP contribution is -2.54. The largest absolute Gasteiger partial charge is 0.330 e. The monoisotopic (exact) mass is 307 g/mol. The summed E-state index contributed by atoms with van der Waals surface area (Å²) in [4.78, 5) is 6.64. The van der Waals surface area contributed by atoms with Gasteiger partial charge in [-0.1, -0.05) is 0 Å². The van der Waals surface area contributed by atoms with Crippen LogP contribution in [0.15, 0.2) is 0 Å². The van der Waals surface area contributed by atoms with Crippen molar-refractivity contribution in [1.29, 1.82) is 10.5 Å². The molecule has 4 aliphatic carbocycles. The molecule has 2 unspecified atom stereocenters. The van der Waals surface area contributed by atoms with Crippen LogP contribution in [0.25, 0.3) is 9.69 Å². The molecule has 0 saturated heterocycles. The Labute approximate surface area is 137 Å². The van der Waals surface area contributed by atoms with E-state index in [0.717, 1.165) is 24.3 Å². The normalized spacial score (nSPS) is 37.7. The zero-order chi connectivity index (χ0) is 16.4. The minimum absolute atomic E-state index is 0.261. The molecule has 0 aromatic carbocycles. The van der Waals surface area contributed by atoms with Crippen LogP contribution in [-0.2, 0) is 0 Å². The molecule has 118 valence electrons. The van der Waals surface area contributed by atoms with Gasteiger partial charge in [0, 0.05) is 6.54 Å². The van der Waals surface area contributed by atoms with Gasteiger partial charge in [0.2, 0.25) is 0 Å². The minimum Gasteiger partial charge on any atom is -0.298 e. The molecule has 0 radical (unpaired) electrons. The molecule has 0 aromatic rings. The Morgan fingerprint density at radius 3 is 1.74 bits per heavy atom. The number of nitrogens with zero attached hydrogens (tertiary/aromatic N) is 4. The smallest absolute Gasteiger partial charge is 0.298 e. The SMILES string of the molecule is [C-]#[N+]C(C#N)C(NCC12CC3CC(CC(C3)C1)C2)C(C#N)[N+]#[C-]. The fourth-order valence-electron chi connectivity index (χ4n) is 5.62. The highest BCUT2D eigenvalue weighted by Gasteiger charge is 2.51. The third-order valence-electron chi connectivity index (χ3n) is 6.10. The summed E-state index contributed by atoms with van der Waals surface area (Å²) in [5.74, 6) is 2.50. The van der Waals surface area contributed by atoms with Gasteiger partial charge in [0.1, 0.15) is 0 Å². The fourth-order valence-corrected chi connectivity index (χ4v) is 5.62. The van der Waals surface area contributed by atoms with Gasteiger partial charge in [-0.3, -0.25) is 15.0 Å². The van der Waals surface area contributed by atoms with Crippen molar-refractivity contribution in [2.75, 3.05) is 6.54 Å². The van der Waals surface area contributed by atoms with Gasteiger partial charge in [-0.05, 0) is 61.7 Å². The molecule has 4 rings (SSSR count). The summed E-state index contributed by atoms with van der Waals surface area (Å²) in [6, 6.07) is 1.28. The fraction of sp³-hybridized carbons (Fsp3) is 0.778. The molecule has 0 amide bonds. The van der Waals surface area contributed by atoms with Crippen molar-refractivity contribution < 1.29 is 0 Å². The number of nitrogens with one attached hydrogen (secondary N) is 1. The first-order chi connectivity index (χ1) is 11.1. The van der Waals surface area contributed by atoms with Crippen LogP contribution in [0, 0.1) is 59.0 Å². The molecular weight excluding hydrogens is 286 g/mol. The molecule has 4 bridgehead atoms. The van der Waals surface area contributed by atoms with Crippen LogP contribution >= 0.6 is 0 Å². The van der Waals surface area contributed by atoms with Crippen molar-refractivity contribution in [2.24, 2.45) is 23.2 Å². The summed E-state index contributed by atoms with van der Waals surface area (Å²) in [6.07, 6.45) is 7.78. The van der Waals surface area contributed by atoms with E-state index in [2.05, 4.69) is 15.0 Å². The van der Waals surface area contributed by atoms with Crippen molar-refractivity contribution >= 4 is 0 Å². The summed E-state index contributed by atoms with van der Waals surface area (Å²) in [5, 5.41) is 21.7. The van der Waals surface area contributed by atoms with E-state index in [9.17, 15) is 10.5 Å². The predicted octanol–water partition coefficient (Wildman–Crippen LogP) is 2.78. The summed E-state index contributed by atoms with van der Waals surface area (Å²) in [6.45, 7) is 15.1. The van der Waals surface area contributed by atoms with Gasteiger partial charge in [-0.2, -0.15) is 10.5 Å². The molecule has 0 heterocycles. The third-order valence-corrected chi connectivity index (χ3v) is 6.10. The van der Waals surface area contributed by atoms with Gasteiger partial charge in [-0.15, -0.1) is 0 Å². The molecule has 4 saturated carbocycles. The lowest BCUT2D eigenvalue weighted by Gasteiger charge is -2.57. The number of hydrogen-bond donors (Lipinski definition) is 1. The second-order valence-corrected chi connectivity index (χ2v) is 7.73. The van der Waals surface area contributed by atoms with E-state index in [0.29, 0.717) is 0 Å². The second kappa shape index (κ2) is 6.20. The van der Waals surface area contributed by atoms with Crippen LogP contribution < -0.4 is 5.32 Å². The molecule has 1 N–H and O–H groups in total. The molecule has 0 spiro atoms. The average Bonchev–Trinajstić information content (AvgIpc) is 2.53. The number of rotatable bonds is 5. The van der Waals surface area contributed by atoms with Crippen molar-refractivity contribution in [3.8, 4) is 12.1 Å². The lowest BCUT2D eigenvalue weighted by molar-refractivity contribution is -0.0524. The van der Waals surface area contributed by atoms with E-state index in [1.54, 1.807) is 0 Å². The third kappa shape index (κ3) is 2.91. The Morgan fingerprint density at radius 1 is 0.957 bits per heavy atom. The van der Waals surface area contributed by atoms with Crippen LogP contribution in [0.1, 0.15) is 38.5 Å². The highest BCUT2D eigenvalue weighted by Crippen LogP contribution is 2.59. The molecular formula is C18H21N5. The molecule has 0 aliphatic heterocycles. The van der Waals surface area contributed by atoms with Gasteiger partial charge in [0.05, 0.1) is 0 Å². The van der Waals surface area contributed by atoms with Crippen LogP contribution in [0.4, 0.5) is 0 Å². The van der Waals surface area contributed by atoms with Gasteiger partial charge < -0.3 is 0 Å². The Kier molecular flexibility index (Phi) is 4.26. The lowest BCUT2D eigenvalue weighted by atomic mass is 9.49. The Bertz CT molecular complexity index is 530. The summed E-state index contributed by atoms with van der Waals surface area (Å²) >= 11 is 0. The van der Waals surface area contributed by atoms with Crippen LogP contribution in [0.3, 0.4) is 0 Å². The number of hydrogen-bond acceptors (Lipinski definition) is 3. The molecule has 4 aliphatic rings.